The molecule has 0 unspecified atom stereocenters. The molecule has 0 atom stereocenters. The molecule has 4 amide bonds. The van der Waals surface area contributed by atoms with Crippen molar-refractivity contribution in [2.45, 2.75) is 25.9 Å². The number of hydrogen-bond donors (Lipinski definition) is 1. The average molecular weight is 436 g/mol. The first kappa shape index (κ1) is 18.6. The molecule has 0 saturated carbocycles. The average Bonchev–Trinajstić information content (AvgIpc) is 3.16. The molecule has 2 heterocycles. The fraction of sp³-hybridized carbons (Fsp3) is 0.278. The number of hydrogen-bond acceptors (Lipinski definition) is 4. The van der Waals surface area contributed by atoms with E-state index in [1.54, 1.807) is 35.4 Å². The lowest BCUT2D eigenvalue weighted by Crippen LogP contribution is -2.30. The Balaban J connectivity index is 1.55. The molecule has 136 valence electrons. The number of urea groups is 1. The molecule has 1 saturated heterocycles. The van der Waals surface area contributed by atoms with Gasteiger partial charge in [0.2, 0.25) is 11.8 Å². The number of nitrogens with zero attached hydrogens (tertiary/aromatic N) is 2. The second kappa shape index (κ2) is 8.01. The third-order valence-electron chi connectivity index (χ3n) is 4.07. The molecule has 2 aromatic rings. The van der Waals surface area contributed by atoms with Gasteiger partial charge in [-0.1, -0.05) is 12.1 Å². The summed E-state index contributed by atoms with van der Waals surface area (Å²) in [6, 6.07) is 10.9. The lowest BCUT2D eigenvalue weighted by molar-refractivity contribution is -0.139. The van der Waals surface area contributed by atoms with Gasteiger partial charge in [0.25, 0.3) is 0 Å². The van der Waals surface area contributed by atoms with Crippen LogP contribution in [-0.2, 0) is 22.7 Å². The van der Waals surface area contributed by atoms with Gasteiger partial charge in [0.05, 0.1) is 16.9 Å². The molecule has 1 aliphatic heterocycles. The smallest absolute Gasteiger partial charge is 0.321 e. The van der Waals surface area contributed by atoms with E-state index in [2.05, 4.69) is 21.2 Å². The van der Waals surface area contributed by atoms with Crippen LogP contribution in [0.1, 0.15) is 23.3 Å². The highest BCUT2D eigenvalue weighted by molar-refractivity contribution is 9.11. The van der Waals surface area contributed by atoms with Gasteiger partial charge in [-0.05, 0) is 45.8 Å². The number of rotatable bonds is 5. The van der Waals surface area contributed by atoms with Gasteiger partial charge >= 0.3 is 6.03 Å². The molecule has 0 radical (unpaired) electrons. The third-order valence-corrected chi connectivity index (χ3v) is 5.68. The monoisotopic (exact) mass is 435 g/mol. The number of halogens is 1. The number of benzene rings is 1. The molecule has 0 aliphatic carbocycles. The lowest BCUT2D eigenvalue weighted by Gasteiger charge is -2.18. The van der Waals surface area contributed by atoms with Crippen LogP contribution in [0.15, 0.2) is 40.2 Å². The van der Waals surface area contributed by atoms with Crippen LogP contribution in [0.25, 0.3) is 0 Å². The van der Waals surface area contributed by atoms with Gasteiger partial charge in [-0.3, -0.25) is 14.5 Å². The first-order chi connectivity index (χ1) is 12.4. The predicted octanol–water partition coefficient (Wildman–Crippen LogP) is 3.82. The minimum absolute atomic E-state index is 0.130. The van der Waals surface area contributed by atoms with Crippen molar-refractivity contribution in [2.24, 2.45) is 0 Å². The Labute approximate surface area is 163 Å². The van der Waals surface area contributed by atoms with Crippen molar-refractivity contribution in [3.8, 4) is 0 Å². The summed E-state index contributed by atoms with van der Waals surface area (Å²) >= 11 is 5.00. The standard InChI is InChI=1S/C18H18BrN3O3S/c1-21(11-14-6-7-15(19)26-14)18(25)20-13-4-2-12(3-5-13)10-22-16(23)8-9-17(22)24/h2-7H,8-11H2,1H3,(H,20,25). The number of imide groups is 1. The second-order valence-corrected chi connectivity index (χ2v) is 8.61. The fourth-order valence-corrected chi connectivity index (χ4v) is 4.17. The Morgan fingerprint density at radius 3 is 2.38 bits per heavy atom. The highest BCUT2D eigenvalue weighted by Gasteiger charge is 2.28. The van der Waals surface area contributed by atoms with Crippen molar-refractivity contribution in [2.75, 3.05) is 12.4 Å². The zero-order valence-corrected chi connectivity index (χ0v) is 16.6. The molecule has 3 rings (SSSR count). The van der Waals surface area contributed by atoms with E-state index < -0.39 is 0 Å². The van der Waals surface area contributed by atoms with Crippen LogP contribution < -0.4 is 5.32 Å². The zero-order chi connectivity index (χ0) is 18.7. The number of amides is 4. The Morgan fingerprint density at radius 1 is 1.15 bits per heavy atom. The van der Waals surface area contributed by atoms with Gasteiger partial charge in [0.1, 0.15) is 0 Å². The van der Waals surface area contributed by atoms with Crippen LogP contribution in [0.4, 0.5) is 10.5 Å². The number of anilines is 1. The molecule has 1 aromatic carbocycles. The maximum absolute atomic E-state index is 12.3. The van der Waals surface area contributed by atoms with Gasteiger partial charge in [-0.25, -0.2) is 4.79 Å². The Morgan fingerprint density at radius 2 is 1.81 bits per heavy atom. The number of thiophene rings is 1. The van der Waals surface area contributed by atoms with Crippen LogP contribution in [0.3, 0.4) is 0 Å². The van der Waals surface area contributed by atoms with E-state index in [1.807, 2.05) is 24.3 Å². The van der Waals surface area contributed by atoms with E-state index in [0.717, 1.165) is 14.2 Å². The second-order valence-electron chi connectivity index (χ2n) is 6.06. The van der Waals surface area contributed by atoms with Gasteiger partial charge in [-0.15, -0.1) is 11.3 Å². The van der Waals surface area contributed by atoms with E-state index >= 15 is 0 Å². The van der Waals surface area contributed by atoms with Crippen LogP contribution in [-0.4, -0.2) is 34.7 Å². The van der Waals surface area contributed by atoms with Crippen LogP contribution >= 0.6 is 27.3 Å². The normalized spacial score (nSPS) is 14.0. The van der Waals surface area contributed by atoms with Gasteiger partial charge in [0, 0.05) is 30.5 Å². The summed E-state index contributed by atoms with van der Waals surface area (Å²) in [5.74, 6) is -0.261. The number of carbonyl (C=O) groups is 3. The number of likely N-dealkylation sites (tertiary alicyclic amines) is 1. The molecular weight excluding hydrogens is 418 g/mol. The van der Waals surface area contributed by atoms with Crippen molar-refractivity contribution in [3.63, 3.8) is 0 Å². The van der Waals surface area contributed by atoms with E-state index in [0.29, 0.717) is 25.1 Å². The quantitative estimate of drug-likeness (QED) is 0.725. The van der Waals surface area contributed by atoms with Crippen molar-refractivity contribution in [1.82, 2.24) is 9.80 Å². The third kappa shape index (κ3) is 4.50. The summed E-state index contributed by atoms with van der Waals surface area (Å²) in [5, 5.41) is 2.84. The van der Waals surface area contributed by atoms with E-state index in [4.69, 9.17) is 0 Å². The minimum Gasteiger partial charge on any atom is -0.322 e. The first-order valence-electron chi connectivity index (χ1n) is 8.11. The fourth-order valence-electron chi connectivity index (χ4n) is 2.64. The predicted molar refractivity (Wildman–Crippen MR) is 104 cm³/mol. The molecule has 1 fully saturated rings. The number of nitrogens with one attached hydrogen (secondary N) is 1. The molecule has 26 heavy (non-hydrogen) atoms. The van der Waals surface area contributed by atoms with Crippen LogP contribution in [0.2, 0.25) is 0 Å². The Hall–Kier alpha value is -2.19. The van der Waals surface area contributed by atoms with E-state index in [1.165, 1.54) is 4.90 Å². The molecule has 8 heteroatoms. The van der Waals surface area contributed by atoms with Crippen molar-refractivity contribution in [3.05, 3.63) is 50.6 Å². The Kier molecular flexibility index (Phi) is 5.73. The maximum Gasteiger partial charge on any atom is 0.321 e. The summed E-state index contributed by atoms with van der Waals surface area (Å²) in [6.45, 7) is 0.804. The Bertz CT molecular complexity index is 818. The SMILES string of the molecule is CN(Cc1ccc(Br)s1)C(=O)Nc1ccc(CN2C(=O)CCC2=O)cc1. The molecule has 0 bridgehead atoms. The summed E-state index contributed by atoms with van der Waals surface area (Å²) < 4.78 is 1.03. The van der Waals surface area contributed by atoms with E-state index in [9.17, 15) is 14.4 Å². The van der Waals surface area contributed by atoms with Crippen molar-refractivity contribution in [1.29, 1.82) is 0 Å². The largest absolute Gasteiger partial charge is 0.322 e. The summed E-state index contributed by atoms with van der Waals surface area (Å²) in [6.07, 6.45) is 0.584. The molecule has 1 aromatic heterocycles. The number of carbonyl (C=O) groups excluding carboxylic acids is 3. The topological polar surface area (TPSA) is 69.7 Å². The van der Waals surface area contributed by atoms with Gasteiger partial charge < -0.3 is 10.2 Å². The van der Waals surface area contributed by atoms with Crippen molar-refractivity contribution < 1.29 is 14.4 Å². The molecule has 1 N–H and O–H groups in total. The zero-order valence-electron chi connectivity index (χ0n) is 14.2. The molecule has 1 aliphatic rings. The first-order valence-corrected chi connectivity index (χ1v) is 9.72. The van der Waals surface area contributed by atoms with E-state index in [-0.39, 0.29) is 24.4 Å². The lowest BCUT2D eigenvalue weighted by atomic mass is 10.2. The van der Waals surface area contributed by atoms with Crippen LogP contribution in [0, 0.1) is 0 Å². The highest BCUT2D eigenvalue weighted by Crippen LogP contribution is 2.23. The van der Waals surface area contributed by atoms with Gasteiger partial charge in [-0.2, -0.15) is 0 Å². The van der Waals surface area contributed by atoms with Gasteiger partial charge in [0.15, 0.2) is 0 Å². The van der Waals surface area contributed by atoms with Crippen molar-refractivity contribution >= 4 is 50.8 Å². The molecular formula is C18H18BrN3O3S. The van der Waals surface area contributed by atoms with Crippen LogP contribution in [0.5, 0.6) is 0 Å². The summed E-state index contributed by atoms with van der Waals surface area (Å²) in [7, 11) is 1.74. The molecule has 6 nitrogen and oxygen atoms in total. The summed E-state index contributed by atoms with van der Waals surface area (Å²) in [5.41, 5.74) is 1.51. The highest BCUT2D eigenvalue weighted by atomic mass is 79.9. The minimum atomic E-state index is -0.202. The summed E-state index contributed by atoms with van der Waals surface area (Å²) in [4.78, 5) is 39.6. The molecule has 0 spiro atoms. The maximum atomic E-state index is 12.3.